The molecule has 0 saturated carbocycles. The van der Waals surface area contributed by atoms with Crippen molar-refractivity contribution in [2.75, 3.05) is 0 Å². The second kappa shape index (κ2) is 12.9. The maximum Gasteiger partial charge on any atom is 0.160 e. The monoisotopic (exact) mass is 727 g/mol. The zero-order chi connectivity index (χ0) is 38.1. The number of pyridine rings is 1. The Kier molecular flexibility index (Phi) is 7.52. The molecule has 1 aliphatic rings. The first-order chi connectivity index (χ1) is 28.0. The van der Waals surface area contributed by atoms with Crippen LogP contribution in [0.25, 0.3) is 99.7 Å². The van der Waals surface area contributed by atoms with E-state index in [4.69, 9.17) is 9.97 Å². The molecule has 57 heavy (non-hydrogen) atoms. The number of hydrogen-bond acceptors (Lipinski definition) is 3. The van der Waals surface area contributed by atoms with Gasteiger partial charge in [-0.1, -0.05) is 153 Å². The Hall–Kier alpha value is -7.23. The molecule has 0 fully saturated rings. The largest absolute Gasteiger partial charge is 0.256 e. The molecule has 0 amide bonds. The van der Waals surface area contributed by atoms with Gasteiger partial charge in [0.1, 0.15) is 0 Å². The number of para-hydroxylation sites is 1. The Morgan fingerprint density at radius 3 is 1.75 bits per heavy atom. The van der Waals surface area contributed by atoms with Crippen LogP contribution in [-0.4, -0.2) is 15.0 Å². The average molecular weight is 728 g/mol. The van der Waals surface area contributed by atoms with Gasteiger partial charge in [0.15, 0.2) is 5.82 Å². The Morgan fingerprint density at radius 1 is 0.368 bits per heavy atom. The first-order valence-electron chi connectivity index (χ1n) is 19.6. The molecule has 0 bridgehead atoms. The van der Waals surface area contributed by atoms with Crippen LogP contribution < -0.4 is 0 Å². The van der Waals surface area contributed by atoms with Crippen molar-refractivity contribution in [2.24, 2.45) is 0 Å². The highest BCUT2D eigenvalue weighted by molar-refractivity contribution is 5.99. The highest BCUT2D eigenvalue weighted by Gasteiger charge is 2.37. The van der Waals surface area contributed by atoms with E-state index in [0.717, 1.165) is 55.9 Å². The van der Waals surface area contributed by atoms with Gasteiger partial charge in [-0.25, -0.2) is 9.97 Å². The molecule has 0 atom stereocenters. The van der Waals surface area contributed by atoms with Crippen LogP contribution in [0.5, 0.6) is 0 Å². The quantitative estimate of drug-likeness (QED) is 0.177. The zero-order valence-corrected chi connectivity index (χ0v) is 31.7. The minimum Gasteiger partial charge on any atom is -0.256 e. The standard InChI is InChI=1S/C54H37N3/c1-54(2)47-17-10-16-45(52(47)46-30-37-13-6-7-14-38(37)31-48(46)54)51-32-50(56-53(57-51)36-11-4-3-5-12-36)43-26-25-40-27-39(23-24-41(40)28-43)34-19-21-35(22-20-34)44-29-42-15-8-9-18-49(42)55-33-44/h3-33H,1-2H3. The third-order valence-electron chi connectivity index (χ3n) is 11.9. The van der Waals surface area contributed by atoms with Crippen LogP contribution in [0.4, 0.5) is 0 Å². The fraction of sp³-hybridized carbons (Fsp3) is 0.0556. The smallest absolute Gasteiger partial charge is 0.160 e. The third kappa shape index (κ3) is 5.62. The van der Waals surface area contributed by atoms with Crippen molar-refractivity contribution in [2.45, 2.75) is 19.3 Å². The summed E-state index contributed by atoms with van der Waals surface area (Å²) in [4.78, 5) is 15.2. The van der Waals surface area contributed by atoms with Crippen LogP contribution in [0.1, 0.15) is 25.0 Å². The maximum atomic E-state index is 5.29. The lowest BCUT2D eigenvalue weighted by molar-refractivity contribution is 0.661. The Bertz CT molecular complexity index is 3200. The summed E-state index contributed by atoms with van der Waals surface area (Å²) < 4.78 is 0. The Morgan fingerprint density at radius 2 is 0.965 bits per heavy atom. The normalized spacial score (nSPS) is 12.9. The van der Waals surface area contributed by atoms with E-state index in [-0.39, 0.29) is 5.41 Å². The molecule has 2 aromatic heterocycles. The van der Waals surface area contributed by atoms with Crippen molar-refractivity contribution in [3.63, 3.8) is 0 Å². The van der Waals surface area contributed by atoms with E-state index in [1.807, 2.05) is 24.4 Å². The van der Waals surface area contributed by atoms with Crippen LogP contribution in [0, 0.1) is 0 Å². The van der Waals surface area contributed by atoms with E-state index in [2.05, 4.69) is 183 Å². The van der Waals surface area contributed by atoms with Crippen LogP contribution in [0.15, 0.2) is 188 Å². The number of benzene rings is 8. The predicted octanol–water partition coefficient (Wildman–Crippen LogP) is 14.0. The molecule has 0 N–H and O–H groups in total. The summed E-state index contributed by atoms with van der Waals surface area (Å²) in [5.74, 6) is 0.718. The lowest BCUT2D eigenvalue weighted by atomic mass is 9.81. The fourth-order valence-electron chi connectivity index (χ4n) is 8.80. The molecule has 11 rings (SSSR count). The van der Waals surface area contributed by atoms with Gasteiger partial charge in [-0.15, -0.1) is 0 Å². The summed E-state index contributed by atoms with van der Waals surface area (Å²) in [6, 6.07) is 65.3. The van der Waals surface area contributed by atoms with Gasteiger partial charge in [-0.05, 0) is 103 Å². The van der Waals surface area contributed by atoms with Crippen molar-refractivity contribution in [3.8, 4) is 67.3 Å². The van der Waals surface area contributed by atoms with Gasteiger partial charge in [0, 0.05) is 39.3 Å². The minimum atomic E-state index is -0.142. The Balaban J connectivity index is 0.986. The molecule has 0 saturated heterocycles. The summed E-state index contributed by atoms with van der Waals surface area (Å²) >= 11 is 0. The van der Waals surface area contributed by atoms with Crippen molar-refractivity contribution in [3.05, 3.63) is 199 Å². The first kappa shape index (κ1) is 33.1. The molecule has 268 valence electrons. The molecule has 3 heteroatoms. The van der Waals surface area contributed by atoms with E-state index in [1.165, 1.54) is 54.9 Å². The number of fused-ring (bicyclic) bond motifs is 6. The molecule has 0 spiro atoms. The van der Waals surface area contributed by atoms with E-state index >= 15 is 0 Å². The van der Waals surface area contributed by atoms with Gasteiger partial charge < -0.3 is 0 Å². The highest BCUT2D eigenvalue weighted by atomic mass is 14.9. The number of nitrogens with zero attached hydrogens (tertiary/aromatic N) is 3. The highest BCUT2D eigenvalue weighted by Crippen LogP contribution is 2.53. The molecular formula is C54H37N3. The fourth-order valence-corrected chi connectivity index (χ4v) is 8.80. The topological polar surface area (TPSA) is 38.7 Å². The van der Waals surface area contributed by atoms with E-state index in [9.17, 15) is 0 Å². The van der Waals surface area contributed by atoms with Crippen LogP contribution in [-0.2, 0) is 5.41 Å². The third-order valence-corrected chi connectivity index (χ3v) is 11.9. The maximum absolute atomic E-state index is 5.29. The lowest BCUT2D eigenvalue weighted by Crippen LogP contribution is -2.14. The summed E-state index contributed by atoms with van der Waals surface area (Å²) in [6.07, 6.45) is 1.96. The van der Waals surface area contributed by atoms with Crippen molar-refractivity contribution in [1.82, 2.24) is 15.0 Å². The SMILES string of the molecule is CC1(C)c2cc3ccccc3cc2-c2c(-c3cc(-c4ccc5cc(-c6ccc(-c7cnc8ccccc8c7)cc6)ccc5c4)nc(-c4ccccc4)n3)cccc21. The molecule has 10 aromatic rings. The molecular weight excluding hydrogens is 691 g/mol. The van der Waals surface area contributed by atoms with Gasteiger partial charge >= 0.3 is 0 Å². The molecule has 0 unspecified atom stereocenters. The van der Waals surface area contributed by atoms with Gasteiger partial charge in [-0.3, -0.25) is 4.98 Å². The molecule has 1 aliphatic carbocycles. The van der Waals surface area contributed by atoms with Gasteiger partial charge in [0.05, 0.1) is 16.9 Å². The van der Waals surface area contributed by atoms with Crippen LogP contribution >= 0.6 is 0 Å². The number of hydrogen-bond donors (Lipinski definition) is 0. The summed E-state index contributed by atoms with van der Waals surface area (Å²) in [7, 11) is 0. The van der Waals surface area contributed by atoms with Gasteiger partial charge in [0.25, 0.3) is 0 Å². The molecule has 2 heterocycles. The van der Waals surface area contributed by atoms with Crippen molar-refractivity contribution >= 4 is 32.4 Å². The number of aromatic nitrogens is 3. The van der Waals surface area contributed by atoms with Crippen molar-refractivity contribution < 1.29 is 0 Å². The number of rotatable bonds is 5. The molecule has 0 radical (unpaired) electrons. The van der Waals surface area contributed by atoms with Crippen molar-refractivity contribution in [1.29, 1.82) is 0 Å². The second-order valence-electron chi connectivity index (χ2n) is 15.7. The van der Waals surface area contributed by atoms with Gasteiger partial charge in [-0.2, -0.15) is 0 Å². The van der Waals surface area contributed by atoms with Gasteiger partial charge in [0.2, 0.25) is 0 Å². The minimum absolute atomic E-state index is 0.142. The molecule has 8 aromatic carbocycles. The summed E-state index contributed by atoms with van der Waals surface area (Å²) in [5.41, 5.74) is 15.7. The van der Waals surface area contributed by atoms with E-state index in [0.29, 0.717) is 0 Å². The second-order valence-corrected chi connectivity index (χ2v) is 15.7. The first-order valence-corrected chi connectivity index (χ1v) is 19.6. The molecule has 0 aliphatic heterocycles. The van der Waals surface area contributed by atoms with Crippen LogP contribution in [0.3, 0.4) is 0 Å². The van der Waals surface area contributed by atoms with Crippen LogP contribution in [0.2, 0.25) is 0 Å². The zero-order valence-electron chi connectivity index (χ0n) is 31.7. The van der Waals surface area contributed by atoms with E-state index < -0.39 is 0 Å². The average Bonchev–Trinajstić information content (AvgIpc) is 3.50. The van der Waals surface area contributed by atoms with E-state index in [1.54, 1.807) is 0 Å². The molecule has 3 nitrogen and oxygen atoms in total. The lowest BCUT2D eigenvalue weighted by Gasteiger charge is -2.22. The summed E-state index contributed by atoms with van der Waals surface area (Å²) in [5, 5.41) is 6.02. The predicted molar refractivity (Wildman–Crippen MR) is 237 cm³/mol. The summed E-state index contributed by atoms with van der Waals surface area (Å²) in [6.45, 7) is 4.69. The Labute approximate surface area is 332 Å².